The van der Waals surface area contributed by atoms with Crippen LogP contribution in [0.3, 0.4) is 0 Å². The first-order valence-corrected chi connectivity index (χ1v) is 9.60. The molecule has 1 amide bonds. The number of aromatic nitrogens is 3. The third-order valence-corrected chi connectivity index (χ3v) is 4.86. The molecule has 0 radical (unpaired) electrons. The van der Waals surface area contributed by atoms with Crippen LogP contribution in [0.1, 0.15) is 34.5 Å². The first-order valence-electron chi connectivity index (χ1n) is 9.60. The van der Waals surface area contributed by atoms with Crippen LogP contribution in [0.25, 0.3) is 5.69 Å². The molecule has 1 aromatic heterocycles. The summed E-state index contributed by atoms with van der Waals surface area (Å²) in [7, 11) is 0. The van der Waals surface area contributed by atoms with E-state index in [0.29, 0.717) is 20.9 Å². The Labute approximate surface area is 177 Å². The van der Waals surface area contributed by atoms with Gasteiger partial charge in [-0.3, -0.25) is 14.2 Å². The minimum Gasteiger partial charge on any atom is -0.348 e. The lowest BCUT2D eigenvalue weighted by molar-refractivity contribution is -0.137. The molecule has 1 heterocycles. The van der Waals surface area contributed by atoms with Gasteiger partial charge in [0.1, 0.15) is 5.82 Å². The Kier molecular flexibility index (Phi) is 5.41. The number of halogens is 4. The van der Waals surface area contributed by atoms with Gasteiger partial charge in [0, 0.05) is 6.04 Å². The number of carbonyl (C=O) groups excluding carboxylic acids is 1. The maximum atomic E-state index is 13.2. The Bertz CT molecular complexity index is 1290. The summed E-state index contributed by atoms with van der Waals surface area (Å²) in [5.41, 5.74) is -3.58. The molecule has 1 saturated carbocycles. The molecule has 166 valence electrons. The van der Waals surface area contributed by atoms with Crippen molar-refractivity contribution in [3.63, 3.8) is 0 Å². The van der Waals surface area contributed by atoms with Crippen molar-refractivity contribution >= 4 is 5.91 Å². The number of carbonyl (C=O) groups is 1. The van der Waals surface area contributed by atoms with Crippen LogP contribution in [0.5, 0.6) is 0 Å². The van der Waals surface area contributed by atoms with E-state index in [1.54, 1.807) is 0 Å². The van der Waals surface area contributed by atoms with Crippen LogP contribution in [-0.4, -0.2) is 26.3 Å². The fourth-order valence-electron chi connectivity index (χ4n) is 3.03. The van der Waals surface area contributed by atoms with Gasteiger partial charge in [-0.1, -0.05) is 18.2 Å². The lowest BCUT2D eigenvalue weighted by atomic mass is 10.2. The summed E-state index contributed by atoms with van der Waals surface area (Å²) < 4.78 is 53.9. The Morgan fingerprint density at radius 3 is 2.41 bits per heavy atom. The van der Waals surface area contributed by atoms with E-state index >= 15 is 0 Å². The molecule has 11 heteroatoms. The van der Waals surface area contributed by atoms with Gasteiger partial charge >= 0.3 is 11.9 Å². The van der Waals surface area contributed by atoms with E-state index in [9.17, 15) is 31.9 Å². The predicted octanol–water partition coefficient (Wildman–Crippen LogP) is 2.49. The molecular formula is C21H16F4N4O3. The third kappa shape index (κ3) is 4.46. The second-order valence-corrected chi connectivity index (χ2v) is 7.36. The summed E-state index contributed by atoms with van der Waals surface area (Å²) in [5, 5.41) is 6.38. The van der Waals surface area contributed by atoms with Crippen molar-refractivity contribution < 1.29 is 22.4 Å². The number of nitrogens with one attached hydrogen (secondary N) is 1. The van der Waals surface area contributed by atoms with Crippen LogP contribution in [0.2, 0.25) is 0 Å². The standard InChI is InChI=1S/C21H16F4N4O3/c22-14-6-4-12(5-7-14)11-28-19(31)17(18(30)26-15-8-9-15)27-29(20(28)32)16-3-1-2-13(10-16)21(23,24)25/h1-7,10,15H,8-9,11H2,(H,26,30). The molecule has 2 aromatic carbocycles. The molecule has 0 atom stereocenters. The minimum atomic E-state index is -4.67. The highest BCUT2D eigenvalue weighted by Crippen LogP contribution is 2.30. The first kappa shape index (κ1) is 21.5. The van der Waals surface area contributed by atoms with E-state index < -0.39 is 40.4 Å². The Morgan fingerprint density at radius 2 is 1.78 bits per heavy atom. The Balaban J connectivity index is 1.87. The molecule has 0 bridgehead atoms. The lowest BCUT2D eigenvalue weighted by Crippen LogP contribution is -2.46. The van der Waals surface area contributed by atoms with Crippen LogP contribution in [-0.2, 0) is 12.7 Å². The molecule has 32 heavy (non-hydrogen) atoms. The highest BCUT2D eigenvalue weighted by molar-refractivity contribution is 5.92. The number of rotatable bonds is 5. The van der Waals surface area contributed by atoms with E-state index in [0.717, 1.165) is 37.1 Å². The number of alkyl halides is 3. The van der Waals surface area contributed by atoms with Gasteiger partial charge in [0.15, 0.2) is 0 Å². The first-order chi connectivity index (χ1) is 15.1. The SMILES string of the molecule is O=C(NC1CC1)c1nn(-c2cccc(C(F)(F)F)c2)c(=O)n(Cc2ccc(F)cc2)c1=O. The maximum absolute atomic E-state index is 13.2. The fourth-order valence-corrected chi connectivity index (χ4v) is 3.03. The molecule has 0 aliphatic heterocycles. The monoisotopic (exact) mass is 448 g/mol. The van der Waals surface area contributed by atoms with Crippen LogP contribution in [0.4, 0.5) is 17.6 Å². The van der Waals surface area contributed by atoms with Crippen LogP contribution < -0.4 is 16.6 Å². The number of nitrogens with zero attached hydrogens (tertiary/aromatic N) is 3. The quantitative estimate of drug-likeness (QED) is 0.608. The number of benzene rings is 2. The molecule has 1 N–H and O–H groups in total. The topological polar surface area (TPSA) is 86.0 Å². The van der Waals surface area contributed by atoms with Crippen LogP contribution in [0.15, 0.2) is 58.1 Å². The zero-order valence-corrected chi connectivity index (χ0v) is 16.4. The van der Waals surface area contributed by atoms with E-state index in [4.69, 9.17) is 0 Å². The Morgan fingerprint density at radius 1 is 1.09 bits per heavy atom. The zero-order valence-electron chi connectivity index (χ0n) is 16.4. The zero-order chi connectivity index (χ0) is 23.0. The minimum absolute atomic E-state index is 0.122. The van der Waals surface area contributed by atoms with Gasteiger partial charge in [0.25, 0.3) is 11.5 Å². The molecule has 0 spiro atoms. The van der Waals surface area contributed by atoms with Crippen LogP contribution >= 0.6 is 0 Å². The van der Waals surface area contributed by atoms with Crippen molar-refractivity contribution in [1.29, 1.82) is 0 Å². The van der Waals surface area contributed by atoms with Crippen molar-refractivity contribution in [2.45, 2.75) is 31.6 Å². The van der Waals surface area contributed by atoms with Crippen molar-refractivity contribution in [2.75, 3.05) is 0 Å². The van der Waals surface area contributed by atoms with Gasteiger partial charge < -0.3 is 5.32 Å². The Hall–Kier alpha value is -3.76. The van der Waals surface area contributed by atoms with E-state index in [1.165, 1.54) is 18.2 Å². The summed E-state index contributed by atoms with van der Waals surface area (Å²) in [5.74, 6) is -1.35. The predicted molar refractivity (Wildman–Crippen MR) is 105 cm³/mol. The fraction of sp³-hybridized carbons (Fsp3) is 0.238. The smallest absolute Gasteiger partial charge is 0.348 e. The van der Waals surface area contributed by atoms with Crippen molar-refractivity contribution in [3.05, 3.63) is 92.0 Å². The molecule has 4 rings (SSSR count). The summed E-state index contributed by atoms with van der Waals surface area (Å²) in [6.45, 7) is -0.330. The van der Waals surface area contributed by atoms with Crippen LogP contribution in [0, 0.1) is 5.82 Å². The van der Waals surface area contributed by atoms with Crippen molar-refractivity contribution in [1.82, 2.24) is 19.7 Å². The second kappa shape index (κ2) is 8.06. The molecule has 1 aliphatic rings. The van der Waals surface area contributed by atoms with Gasteiger partial charge in [-0.2, -0.15) is 23.0 Å². The van der Waals surface area contributed by atoms with Gasteiger partial charge in [0.05, 0.1) is 17.8 Å². The highest BCUT2D eigenvalue weighted by atomic mass is 19.4. The van der Waals surface area contributed by atoms with Gasteiger partial charge in [-0.25, -0.2) is 9.18 Å². The average molecular weight is 448 g/mol. The maximum Gasteiger partial charge on any atom is 0.416 e. The van der Waals surface area contributed by atoms with Gasteiger partial charge in [0.2, 0.25) is 5.69 Å². The number of hydrogen-bond acceptors (Lipinski definition) is 4. The third-order valence-electron chi connectivity index (χ3n) is 4.86. The molecule has 0 unspecified atom stereocenters. The molecule has 7 nitrogen and oxygen atoms in total. The molecular weight excluding hydrogens is 432 g/mol. The summed E-state index contributed by atoms with van der Waals surface area (Å²) in [4.78, 5) is 38.4. The van der Waals surface area contributed by atoms with E-state index in [2.05, 4.69) is 10.4 Å². The highest BCUT2D eigenvalue weighted by Gasteiger charge is 2.31. The van der Waals surface area contributed by atoms with Crippen molar-refractivity contribution in [3.8, 4) is 5.69 Å². The van der Waals surface area contributed by atoms with Gasteiger partial charge in [-0.15, -0.1) is 0 Å². The summed E-state index contributed by atoms with van der Waals surface area (Å²) >= 11 is 0. The molecule has 1 aliphatic carbocycles. The van der Waals surface area contributed by atoms with E-state index in [-0.39, 0.29) is 18.3 Å². The second-order valence-electron chi connectivity index (χ2n) is 7.36. The largest absolute Gasteiger partial charge is 0.416 e. The summed E-state index contributed by atoms with van der Waals surface area (Å²) in [6.07, 6.45) is -3.22. The lowest BCUT2D eigenvalue weighted by Gasteiger charge is -2.13. The number of hydrogen-bond donors (Lipinski definition) is 1. The number of amides is 1. The summed E-state index contributed by atoms with van der Waals surface area (Å²) in [6, 6.07) is 8.66. The van der Waals surface area contributed by atoms with E-state index in [1.807, 2.05) is 0 Å². The van der Waals surface area contributed by atoms with Crippen molar-refractivity contribution in [2.24, 2.45) is 0 Å². The molecule has 1 fully saturated rings. The van der Waals surface area contributed by atoms with Gasteiger partial charge in [-0.05, 0) is 48.7 Å². The molecule has 3 aromatic rings. The molecule has 0 saturated heterocycles. The average Bonchev–Trinajstić information content (AvgIpc) is 3.56. The normalized spacial score (nSPS) is 13.8.